The van der Waals surface area contributed by atoms with Gasteiger partial charge in [0.15, 0.2) is 11.5 Å². The molecule has 9 nitrogen and oxygen atoms in total. The number of para-hydroxylation sites is 1. The first kappa shape index (κ1) is 31.3. The Morgan fingerprint density at radius 1 is 0.814 bits per heavy atom. The maximum atomic E-state index is 14.0. The number of benzene rings is 3. The molecule has 1 N–H and O–H groups in total. The number of ether oxygens (including phenoxy) is 4. The standard InChI is InChI=1S/C34H41N3O6/c1-23(2)20-37(34(39)26-16-27(40-3)18-28(17-26)41-4)22-33(38)36(21-24-11-12-31(42-5)32(15-24)43-6)14-13-25-19-35-30-10-8-7-9-29(25)30/h7-12,15-19,23,35H,13-14,20-22H2,1-6H3. The Morgan fingerprint density at radius 3 is 2.16 bits per heavy atom. The number of carbonyl (C=O) groups excluding carboxylic acids is 2. The van der Waals surface area contributed by atoms with Crippen molar-refractivity contribution in [3.63, 3.8) is 0 Å². The first-order valence-corrected chi connectivity index (χ1v) is 14.3. The Bertz CT molecular complexity index is 1520. The average molecular weight is 588 g/mol. The Hall–Kier alpha value is -4.66. The summed E-state index contributed by atoms with van der Waals surface area (Å²) in [6.45, 7) is 5.20. The Morgan fingerprint density at radius 2 is 1.51 bits per heavy atom. The second-order valence-corrected chi connectivity index (χ2v) is 10.8. The van der Waals surface area contributed by atoms with Gasteiger partial charge in [-0.25, -0.2) is 0 Å². The van der Waals surface area contributed by atoms with Crippen molar-refractivity contribution in [2.45, 2.75) is 26.8 Å². The van der Waals surface area contributed by atoms with Gasteiger partial charge in [-0.05, 0) is 53.8 Å². The molecule has 0 bridgehead atoms. The summed E-state index contributed by atoms with van der Waals surface area (Å²) in [7, 11) is 6.26. The maximum absolute atomic E-state index is 14.0. The zero-order chi connectivity index (χ0) is 30.9. The van der Waals surface area contributed by atoms with Gasteiger partial charge in [-0.15, -0.1) is 0 Å². The highest BCUT2D eigenvalue weighted by atomic mass is 16.5. The van der Waals surface area contributed by atoms with Gasteiger partial charge in [0, 0.05) is 48.4 Å². The molecular formula is C34H41N3O6. The minimum atomic E-state index is -0.262. The number of methoxy groups -OCH3 is 4. The van der Waals surface area contributed by atoms with Crippen LogP contribution in [0, 0.1) is 5.92 Å². The molecule has 0 aliphatic carbocycles. The lowest BCUT2D eigenvalue weighted by molar-refractivity contribution is -0.132. The fourth-order valence-electron chi connectivity index (χ4n) is 5.12. The van der Waals surface area contributed by atoms with Crippen molar-refractivity contribution in [3.05, 3.63) is 83.6 Å². The summed E-state index contributed by atoms with van der Waals surface area (Å²) in [6.07, 6.45) is 2.64. The van der Waals surface area contributed by atoms with Gasteiger partial charge in [0.1, 0.15) is 18.0 Å². The van der Waals surface area contributed by atoms with Crippen LogP contribution < -0.4 is 18.9 Å². The highest BCUT2D eigenvalue weighted by molar-refractivity contribution is 5.97. The molecule has 0 radical (unpaired) electrons. The fourth-order valence-corrected chi connectivity index (χ4v) is 5.12. The van der Waals surface area contributed by atoms with Gasteiger partial charge in [0.25, 0.3) is 5.91 Å². The third-order valence-corrected chi connectivity index (χ3v) is 7.30. The number of aromatic amines is 1. The van der Waals surface area contributed by atoms with E-state index in [-0.39, 0.29) is 24.3 Å². The minimum absolute atomic E-state index is 0.0717. The summed E-state index contributed by atoms with van der Waals surface area (Å²) < 4.78 is 21.7. The molecule has 3 aromatic carbocycles. The van der Waals surface area contributed by atoms with E-state index in [1.807, 2.05) is 56.4 Å². The van der Waals surface area contributed by atoms with E-state index in [9.17, 15) is 9.59 Å². The van der Waals surface area contributed by atoms with Gasteiger partial charge in [-0.1, -0.05) is 38.1 Å². The monoisotopic (exact) mass is 587 g/mol. The minimum Gasteiger partial charge on any atom is -0.497 e. The molecule has 43 heavy (non-hydrogen) atoms. The molecule has 0 spiro atoms. The normalized spacial score (nSPS) is 11.0. The number of fused-ring (bicyclic) bond motifs is 1. The molecule has 4 rings (SSSR count). The summed E-state index contributed by atoms with van der Waals surface area (Å²) >= 11 is 0. The van der Waals surface area contributed by atoms with Gasteiger partial charge in [-0.2, -0.15) is 0 Å². The molecule has 0 unspecified atom stereocenters. The molecule has 1 aromatic heterocycles. The van der Waals surface area contributed by atoms with E-state index < -0.39 is 0 Å². The Balaban J connectivity index is 1.62. The van der Waals surface area contributed by atoms with Gasteiger partial charge in [-0.3, -0.25) is 9.59 Å². The highest BCUT2D eigenvalue weighted by Gasteiger charge is 2.25. The lowest BCUT2D eigenvalue weighted by Gasteiger charge is -2.29. The predicted molar refractivity (Wildman–Crippen MR) is 167 cm³/mol. The van der Waals surface area contributed by atoms with Crippen LogP contribution in [0.5, 0.6) is 23.0 Å². The summed E-state index contributed by atoms with van der Waals surface area (Å²) in [6, 6.07) is 18.8. The zero-order valence-corrected chi connectivity index (χ0v) is 25.8. The number of rotatable bonds is 14. The van der Waals surface area contributed by atoms with Crippen LogP contribution in [0.3, 0.4) is 0 Å². The molecule has 9 heteroatoms. The number of nitrogens with one attached hydrogen (secondary N) is 1. The fraction of sp³-hybridized carbons (Fsp3) is 0.353. The van der Waals surface area contributed by atoms with E-state index in [1.54, 1.807) is 42.2 Å². The summed E-state index contributed by atoms with van der Waals surface area (Å²) in [5.41, 5.74) is 3.47. The first-order valence-electron chi connectivity index (χ1n) is 14.3. The topological polar surface area (TPSA) is 93.3 Å². The lowest BCUT2D eigenvalue weighted by Crippen LogP contribution is -2.44. The van der Waals surface area contributed by atoms with E-state index in [4.69, 9.17) is 18.9 Å². The number of carbonyl (C=O) groups is 2. The van der Waals surface area contributed by atoms with Gasteiger partial charge < -0.3 is 33.7 Å². The van der Waals surface area contributed by atoms with Crippen molar-refractivity contribution in [2.24, 2.45) is 5.92 Å². The average Bonchev–Trinajstić information content (AvgIpc) is 3.44. The van der Waals surface area contributed by atoms with E-state index >= 15 is 0 Å². The summed E-state index contributed by atoms with van der Waals surface area (Å²) in [5, 5.41) is 1.13. The van der Waals surface area contributed by atoms with Crippen LogP contribution in [0.1, 0.15) is 35.3 Å². The smallest absolute Gasteiger partial charge is 0.254 e. The Kier molecular flexibility index (Phi) is 10.5. The number of amides is 2. The van der Waals surface area contributed by atoms with Crippen LogP contribution in [0.4, 0.5) is 0 Å². The van der Waals surface area contributed by atoms with Crippen LogP contribution in [0.2, 0.25) is 0 Å². The molecule has 0 aliphatic rings. The summed E-state index contributed by atoms with van der Waals surface area (Å²) in [4.78, 5) is 34.6. The SMILES string of the molecule is COc1cc(OC)cc(C(=O)N(CC(=O)N(CCc2c[nH]c3ccccc23)Cc2ccc(OC)c(OC)c2)CC(C)C)c1. The van der Waals surface area contributed by atoms with Crippen molar-refractivity contribution < 1.29 is 28.5 Å². The molecular weight excluding hydrogens is 546 g/mol. The van der Waals surface area contributed by atoms with Gasteiger partial charge in [0.2, 0.25) is 5.91 Å². The first-order chi connectivity index (χ1) is 20.8. The molecule has 4 aromatic rings. The maximum Gasteiger partial charge on any atom is 0.254 e. The molecule has 1 heterocycles. The lowest BCUT2D eigenvalue weighted by atomic mass is 10.1. The van der Waals surface area contributed by atoms with Crippen LogP contribution in [-0.2, 0) is 17.8 Å². The van der Waals surface area contributed by atoms with Crippen LogP contribution in [0.25, 0.3) is 10.9 Å². The van der Waals surface area contributed by atoms with Crippen molar-refractivity contribution >= 4 is 22.7 Å². The van der Waals surface area contributed by atoms with E-state index in [1.165, 1.54) is 14.2 Å². The van der Waals surface area contributed by atoms with Crippen molar-refractivity contribution in [1.82, 2.24) is 14.8 Å². The second kappa shape index (κ2) is 14.5. The molecule has 0 fully saturated rings. The van der Waals surface area contributed by atoms with E-state index in [0.29, 0.717) is 54.6 Å². The number of hydrogen-bond donors (Lipinski definition) is 1. The van der Waals surface area contributed by atoms with Crippen molar-refractivity contribution in [2.75, 3.05) is 48.1 Å². The molecule has 0 saturated carbocycles. The molecule has 228 valence electrons. The number of H-pyrrole nitrogens is 1. The van der Waals surface area contributed by atoms with Crippen molar-refractivity contribution in [3.8, 4) is 23.0 Å². The largest absolute Gasteiger partial charge is 0.497 e. The van der Waals surface area contributed by atoms with E-state index in [2.05, 4.69) is 11.1 Å². The van der Waals surface area contributed by atoms with Crippen LogP contribution in [0.15, 0.2) is 66.9 Å². The van der Waals surface area contributed by atoms with Gasteiger partial charge >= 0.3 is 0 Å². The summed E-state index contributed by atoms with van der Waals surface area (Å²) in [5.74, 6) is 1.95. The zero-order valence-electron chi connectivity index (χ0n) is 25.8. The quantitative estimate of drug-likeness (QED) is 0.207. The molecule has 2 amide bonds. The predicted octanol–water partition coefficient (Wildman–Crippen LogP) is 5.57. The highest BCUT2D eigenvalue weighted by Crippen LogP contribution is 2.29. The number of hydrogen-bond acceptors (Lipinski definition) is 6. The molecule has 0 aliphatic heterocycles. The molecule has 0 atom stereocenters. The van der Waals surface area contributed by atoms with Crippen LogP contribution in [-0.4, -0.2) is 74.7 Å². The Labute approximate surface area is 253 Å². The third-order valence-electron chi connectivity index (χ3n) is 7.30. The number of nitrogens with zero attached hydrogens (tertiary/aromatic N) is 2. The van der Waals surface area contributed by atoms with Gasteiger partial charge in [0.05, 0.1) is 28.4 Å². The van der Waals surface area contributed by atoms with Crippen molar-refractivity contribution in [1.29, 1.82) is 0 Å². The van der Waals surface area contributed by atoms with E-state index in [0.717, 1.165) is 22.0 Å². The second-order valence-electron chi connectivity index (χ2n) is 10.8. The number of aromatic nitrogens is 1. The molecule has 0 saturated heterocycles. The third kappa shape index (κ3) is 7.80. The van der Waals surface area contributed by atoms with Crippen LogP contribution >= 0.6 is 0 Å².